The van der Waals surface area contributed by atoms with Gasteiger partial charge in [0.25, 0.3) is 0 Å². The molecule has 0 bridgehead atoms. The van der Waals surface area contributed by atoms with Crippen molar-refractivity contribution in [3.8, 4) is 0 Å². The zero-order valence-electron chi connectivity index (χ0n) is 8.64. The normalized spacial score (nSPS) is 13.1. The van der Waals surface area contributed by atoms with Crippen molar-refractivity contribution in [2.24, 2.45) is 5.92 Å². The van der Waals surface area contributed by atoms with E-state index >= 15 is 0 Å². The molecular formula is C9H20BO-. The molecule has 0 saturated carbocycles. The van der Waals surface area contributed by atoms with Gasteiger partial charge in [-0.1, -0.05) is 33.6 Å². The van der Waals surface area contributed by atoms with E-state index in [1.54, 1.807) is 0 Å². The first-order valence-electron chi connectivity index (χ1n) is 4.36. The monoisotopic (exact) mass is 155 g/mol. The first-order chi connectivity index (χ1) is 4.86. The topological polar surface area (TPSA) is 9.23 Å². The molecule has 2 heteroatoms. The van der Waals surface area contributed by atoms with Gasteiger partial charge >= 0.3 is 0 Å². The van der Waals surface area contributed by atoms with E-state index in [1.807, 2.05) is 21.3 Å². The maximum atomic E-state index is 5.44. The van der Waals surface area contributed by atoms with E-state index in [0.29, 0.717) is 12.0 Å². The van der Waals surface area contributed by atoms with Gasteiger partial charge in [0.2, 0.25) is 0 Å². The summed E-state index contributed by atoms with van der Waals surface area (Å²) in [5.41, 5.74) is 0. The lowest BCUT2D eigenvalue weighted by Gasteiger charge is -2.43. The zero-order chi connectivity index (χ0) is 9.07. The van der Waals surface area contributed by atoms with Crippen molar-refractivity contribution in [2.45, 2.75) is 53.0 Å². The third kappa shape index (κ3) is 4.46. The molecule has 1 nitrogen and oxygen atoms in total. The van der Waals surface area contributed by atoms with Gasteiger partial charge in [-0.2, -0.15) is 12.8 Å². The molecule has 0 aliphatic rings. The van der Waals surface area contributed by atoms with Crippen molar-refractivity contribution in [1.29, 1.82) is 0 Å². The third-order valence-corrected chi connectivity index (χ3v) is 2.13. The maximum absolute atomic E-state index is 5.44. The second-order valence-corrected chi connectivity index (χ2v) is 4.28. The molecule has 0 amide bonds. The molecule has 0 aliphatic carbocycles. The smallest absolute Gasteiger partial charge is 0.000788 e. The summed E-state index contributed by atoms with van der Waals surface area (Å²) >= 11 is 0. The summed E-state index contributed by atoms with van der Waals surface area (Å²) < 4.78 is 5.44. The van der Waals surface area contributed by atoms with Crippen LogP contribution in [0.2, 0.25) is 5.31 Å². The molecule has 66 valence electrons. The van der Waals surface area contributed by atoms with Gasteiger partial charge in [0.15, 0.2) is 0 Å². The predicted molar refractivity (Wildman–Crippen MR) is 50.9 cm³/mol. The molecule has 0 heterocycles. The lowest BCUT2D eigenvalue weighted by molar-refractivity contribution is 0.235. The van der Waals surface area contributed by atoms with Gasteiger partial charge in [0, 0.05) is 6.10 Å². The van der Waals surface area contributed by atoms with Gasteiger partial charge in [-0.15, -0.1) is 0 Å². The fourth-order valence-electron chi connectivity index (χ4n) is 0.448. The summed E-state index contributed by atoms with van der Waals surface area (Å²) in [6, 6.07) is 0. The highest BCUT2D eigenvalue weighted by Crippen LogP contribution is 2.32. The van der Waals surface area contributed by atoms with E-state index in [4.69, 9.17) is 4.65 Å². The molecule has 0 aromatic rings. The Morgan fingerprint density at radius 1 is 1.09 bits per heavy atom. The Morgan fingerprint density at radius 2 is 1.55 bits per heavy atom. The lowest BCUT2D eigenvalue weighted by Crippen LogP contribution is -2.24. The summed E-state index contributed by atoms with van der Waals surface area (Å²) in [4.78, 5) is 0. The average molecular weight is 155 g/mol. The molecule has 0 aromatic carbocycles. The van der Waals surface area contributed by atoms with Crippen LogP contribution in [0.25, 0.3) is 0 Å². The summed E-state index contributed by atoms with van der Waals surface area (Å²) in [7, 11) is 1.96. The van der Waals surface area contributed by atoms with Crippen LogP contribution in [0.4, 0.5) is 0 Å². The third-order valence-electron chi connectivity index (χ3n) is 2.13. The van der Waals surface area contributed by atoms with Crippen molar-refractivity contribution >= 4 is 7.48 Å². The Labute approximate surface area is 71.8 Å². The molecule has 0 saturated heterocycles. The molecule has 0 aliphatic heterocycles. The second-order valence-electron chi connectivity index (χ2n) is 4.28. The lowest BCUT2D eigenvalue weighted by atomic mass is 9.60. The second kappa shape index (κ2) is 4.15. The SMILES string of the molecule is CC(C)O[B-]C(C)(C)C(C)C. The van der Waals surface area contributed by atoms with E-state index in [1.165, 1.54) is 0 Å². The average Bonchev–Trinajstić information content (AvgIpc) is 1.84. The largest absolute Gasteiger partial charge is 0.659 e. The highest BCUT2D eigenvalue weighted by Gasteiger charge is 2.10. The van der Waals surface area contributed by atoms with Gasteiger partial charge in [-0.05, 0) is 13.8 Å². The van der Waals surface area contributed by atoms with Crippen LogP contribution < -0.4 is 0 Å². The van der Waals surface area contributed by atoms with E-state index < -0.39 is 0 Å². The fraction of sp³-hybridized carbons (Fsp3) is 1.00. The Kier molecular flexibility index (Phi) is 4.16. The quantitative estimate of drug-likeness (QED) is 0.567. The standard InChI is InChI=1S/C9H20BO/c1-7(2)9(5,6)10-11-8(3)4/h7-8H,1-6H3/q-1. The molecule has 0 spiro atoms. The number of hydrogen-bond acceptors (Lipinski definition) is 1. The number of rotatable bonds is 4. The van der Waals surface area contributed by atoms with Crippen molar-refractivity contribution in [1.82, 2.24) is 0 Å². The van der Waals surface area contributed by atoms with Gasteiger partial charge in [-0.25, -0.2) is 0 Å². The van der Waals surface area contributed by atoms with E-state index in [9.17, 15) is 0 Å². The summed E-state index contributed by atoms with van der Waals surface area (Å²) in [5, 5.41) is 0.185. The molecular weight excluding hydrogens is 135 g/mol. The summed E-state index contributed by atoms with van der Waals surface area (Å²) in [6.45, 7) is 12.9. The van der Waals surface area contributed by atoms with E-state index in [0.717, 1.165) is 0 Å². The first kappa shape index (κ1) is 11.0. The van der Waals surface area contributed by atoms with E-state index in [2.05, 4.69) is 27.7 Å². The molecule has 11 heavy (non-hydrogen) atoms. The van der Waals surface area contributed by atoms with Gasteiger partial charge in [0.05, 0.1) is 0 Å². The Balaban J connectivity index is 3.73. The van der Waals surface area contributed by atoms with Crippen molar-refractivity contribution < 1.29 is 4.65 Å². The van der Waals surface area contributed by atoms with Gasteiger partial charge in [-0.3, -0.25) is 0 Å². The van der Waals surface area contributed by atoms with Crippen LogP contribution in [0.3, 0.4) is 0 Å². The Bertz CT molecular complexity index is 108. The molecule has 2 radical (unpaired) electrons. The van der Waals surface area contributed by atoms with Crippen LogP contribution in [-0.4, -0.2) is 13.6 Å². The van der Waals surface area contributed by atoms with Crippen LogP contribution in [0.5, 0.6) is 0 Å². The van der Waals surface area contributed by atoms with E-state index in [-0.39, 0.29) is 5.31 Å². The van der Waals surface area contributed by atoms with Gasteiger partial charge < -0.3 is 4.65 Å². The first-order valence-corrected chi connectivity index (χ1v) is 4.36. The Hall–Kier alpha value is 0.0249. The highest BCUT2D eigenvalue weighted by molar-refractivity contribution is 6.32. The van der Waals surface area contributed by atoms with Crippen molar-refractivity contribution in [3.05, 3.63) is 0 Å². The number of hydrogen-bond donors (Lipinski definition) is 0. The molecule has 0 fully saturated rings. The van der Waals surface area contributed by atoms with Crippen LogP contribution in [0.15, 0.2) is 0 Å². The van der Waals surface area contributed by atoms with Crippen molar-refractivity contribution in [3.63, 3.8) is 0 Å². The van der Waals surface area contributed by atoms with Crippen LogP contribution in [-0.2, 0) is 4.65 Å². The van der Waals surface area contributed by atoms with Crippen LogP contribution >= 0.6 is 0 Å². The molecule has 0 aromatic heterocycles. The Morgan fingerprint density at radius 3 is 1.82 bits per heavy atom. The van der Waals surface area contributed by atoms with Crippen molar-refractivity contribution in [2.75, 3.05) is 0 Å². The zero-order valence-corrected chi connectivity index (χ0v) is 8.64. The highest BCUT2D eigenvalue weighted by atomic mass is 16.4. The predicted octanol–water partition coefficient (Wildman–Crippen LogP) is 2.89. The fourth-order valence-corrected chi connectivity index (χ4v) is 0.448. The molecule has 0 N–H and O–H groups in total. The van der Waals surface area contributed by atoms with Gasteiger partial charge in [0.1, 0.15) is 0 Å². The maximum Gasteiger partial charge on any atom is 0.000788 e. The minimum absolute atomic E-state index is 0.185. The minimum atomic E-state index is 0.185. The van der Waals surface area contributed by atoms with Crippen LogP contribution in [0, 0.1) is 5.92 Å². The molecule has 0 atom stereocenters. The summed E-state index contributed by atoms with van der Waals surface area (Å²) in [5.74, 6) is 0.626. The minimum Gasteiger partial charge on any atom is -0.659 e. The summed E-state index contributed by atoms with van der Waals surface area (Å²) in [6.07, 6.45) is 0.299. The molecule has 0 rings (SSSR count). The molecule has 0 unspecified atom stereocenters. The van der Waals surface area contributed by atoms with Crippen LogP contribution in [0.1, 0.15) is 41.5 Å².